The van der Waals surface area contributed by atoms with E-state index < -0.39 is 67.4 Å². The van der Waals surface area contributed by atoms with Gasteiger partial charge in [-0.05, 0) is 103 Å². The molecule has 11 heteroatoms. The SMILES string of the molecule is CC/C=C\C/C=C\C/C=C\C/C=C\C/C=C\C/C=C\CCCCCCC(=O)OC1C(OCC(NC(=O)C(O)CCCC/C=C\CCCCCCCCC)C(O)/C=C/CCCCCCCCCCCC)OC(CO)C(O)C1O. The summed E-state index contributed by atoms with van der Waals surface area (Å²) in [6, 6.07) is -1.04. The predicted octanol–water partition coefficient (Wildman–Crippen LogP) is 14.7. The lowest BCUT2D eigenvalue weighted by Crippen LogP contribution is -2.61. The molecule has 8 atom stereocenters. The molecule has 1 rings (SSSR count). The van der Waals surface area contributed by atoms with E-state index in [0.717, 1.165) is 103 Å². The van der Waals surface area contributed by atoms with Crippen molar-refractivity contribution >= 4 is 11.9 Å². The minimum absolute atomic E-state index is 0.0873. The Morgan fingerprint density at radius 3 is 1.42 bits per heavy atom. The number of carbonyl (C=O) groups excluding carboxylic acids is 2. The number of allylic oxidation sites excluding steroid dienone is 15. The normalized spacial score (nSPS) is 19.7. The standard InChI is InChI=1S/C66H113NO10/c1-4-7-10-13-16-19-22-25-26-27-28-29-30-31-32-33-34-36-39-42-45-48-51-54-61(71)77-64-63(73)62(72)60(55-68)76-66(64)75-56-57(58(69)52-49-46-43-40-37-24-21-18-15-12-9-6-3)67-65(74)59(70)53-50-47-44-41-38-35-23-20-17-14-11-8-5-2/h7,10,16,19,25-26,28-29,31-32,34,36,38,41,49,52,57-60,62-64,66,68-70,72-73H,4-6,8-9,11-15,17-18,20-24,27,30,33,35,37,39-40,42-48,50-51,53-56H2,1-3H3,(H,67,74)/b10-7-,19-16-,26-25-,29-28-,32-31-,36-34-,41-38-,52-49+. The number of esters is 1. The maximum absolute atomic E-state index is 13.4. The summed E-state index contributed by atoms with van der Waals surface area (Å²) in [6.45, 7) is 5.63. The summed E-state index contributed by atoms with van der Waals surface area (Å²) in [7, 11) is 0. The van der Waals surface area contributed by atoms with Crippen molar-refractivity contribution < 1.29 is 49.3 Å². The van der Waals surface area contributed by atoms with Crippen molar-refractivity contribution in [2.24, 2.45) is 0 Å². The van der Waals surface area contributed by atoms with Crippen LogP contribution in [-0.4, -0.2) is 99.6 Å². The van der Waals surface area contributed by atoms with Gasteiger partial charge in [0.2, 0.25) is 5.91 Å². The van der Waals surface area contributed by atoms with E-state index in [1.54, 1.807) is 6.08 Å². The van der Waals surface area contributed by atoms with Crippen LogP contribution in [0, 0.1) is 0 Å². The number of aliphatic hydroxyl groups is 5. The van der Waals surface area contributed by atoms with Crippen molar-refractivity contribution in [3.8, 4) is 0 Å². The summed E-state index contributed by atoms with van der Waals surface area (Å²) >= 11 is 0. The molecule has 0 aromatic heterocycles. The van der Waals surface area contributed by atoms with Crippen LogP contribution in [0.2, 0.25) is 0 Å². The molecule has 1 amide bonds. The number of hydrogen-bond donors (Lipinski definition) is 6. The minimum Gasteiger partial charge on any atom is -0.454 e. The second kappa shape index (κ2) is 53.2. The summed E-state index contributed by atoms with van der Waals surface area (Å²) < 4.78 is 17.6. The lowest BCUT2D eigenvalue weighted by atomic mass is 9.99. The summed E-state index contributed by atoms with van der Waals surface area (Å²) in [5.74, 6) is -1.24. The molecule has 6 N–H and O–H groups in total. The second-order valence-corrected chi connectivity index (χ2v) is 21.0. The highest BCUT2D eigenvalue weighted by molar-refractivity contribution is 5.80. The molecular formula is C66H113NO10. The Bertz CT molecular complexity index is 1620. The third-order valence-corrected chi connectivity index (χ3v) is 14.0. The monoisotopic (exact) mass is 1080 g/mol. The molecule has 11 nitrogen and oxygen atoms in total. The predicted molar refractivity (Wildman–Crippen MR) is 319 cm³/mol. The van der Waals surface area contributed by atoms with Crippen LogP contribution in [0.15, 0.2) is 97.2 Å². The van der Waals surface area contributed by atoms with Crippen LogP contribution >= 0.6 is 0 Å². The van der Waals surface area contributed by atoms with E-state index in [9.17, 15) is 35.1 Å². The van der Waals surface area contributed by atoms with Gasteiger partial charge in [0, 0.05) is 6.42 Å². The van der Waals surface area contributed by atoms with Gasteiger partial charge in [0.1, 0.15) is 24.4 Å². The van der Waals surface area contributed by atoms with E-state index >= 15 is 0 Å². The molecule has 0 aromatic rings. The molecule has 8 unspecified atom stereocenters. The largest absolute Gasteiger partial charge is 0.454 e. The molecule has 1 saturated heterocycles. The van der Waals surface area contributed by atoms with Crippen LogP contribution in [0.5, 0.6) is 0 Å². The number of rotatable bonds is 51. The summed E-state index contributed by atoms with van der Waals surface area (Å²) in [6.07, 6.45) is 60.2. The second-order valence-electron chi connectivity index (χ2n) is 21.0. The summed E-state index contributed by atoms with van der Waals surface area (Å²) in [4.78, 5) is 26.5. The average Bonchev–Trinajstić information content (AvgIpc) is 3.43. The van der Waals surface area contributed by atoms with Crippen molar-refractivity contribution in [1.82, 2.24) is 5.32 Å². The molecule has 77 heavy (non-hydrogen) atoms. The van der Waals surface area contributed by atoms with Gasteiger partial charge in [0.05, 0.1) is 25.4 Å². The van der Waals surface area contributed by atoms with Gasteiger partial charge in [-0.1, -0.05) is 234 Å². The van der Waals surface area contributed by atoms with Crippen LogP contribution in [0.25, 0.3) is 0 Å². The van der Waals surface area contributed by atoms with Crippen molar-refractivity contribution in [2.75, 3.05) is 13.2 Å². The zero-order valence-electron chi connectivity index (χ0n) is 48.8. The molecule has 1 heterocycles. The van der Waals surface area contributed by atoms with E-state index in [0.29, 0.717) is 12.8 Å². The first kappa shape index (κ1) is 71.6. The zero-order chi connectivity index (χ0) is 56.1. The Labute approximate surface area is 469 Å². The van der Waals surface area contributed by atoms with Gasteiger partial charge in [-0.3, -0.25) is 9.59 Å². The first-order valence-electron chi connectivity index (χ1n) is 31.0. The Hall–Kier alpha value is -3.42. The number of unbranched alkanes of at least 4 members (excludes halogenated alkanes) is 23. The summed E-state index contributed by atoms with van der Waals surface area (Å²) in [5, 5.41) is 56.9. The highest BCUT2D eigenvalue weighted by Gasteiger charge is 2.47. The number of aliphatic hydroxyl groups excluding tert-OH is 5. The highest BCUT2D eigenvalue weighted by atomic mass is 16.7. The van der Waals surface area contributed by atoms with Crippen LogP contribution in [0.3, 0.4) is 0 Å². The van der Waals surface area contributed by atoms with E-state index in [4.69, 9.17) is 14.2 Å². The zero-order valence-corrected chi connectivity index (χ0v) is 48.8. The number of carbonyl (C=O) groups is 2. The molecule has 442 valence electrons. The van der Waals surface area contributed by atoms with Crippen molar-refractivity contribution in [3.05, 3.63) is 97.2 Å². The molecular weight excluding hydrogens is 967 g/mol. The third-order valence-electron chi connectivity index (χ3n) is 14.0. The Balaban J connectivity index is 2.69. The smallest absolute Gasteiger partial charge is 0.306 e. The molecule has 0 spiro atoms. The van der Waals surface area contributed by atoms with Crippen molar-refractivity contribution in [3.63, 3.8) is 0 Å². The van der Waals surface area contributed by atoms with E-state index in [2.05, 4.69) is 111 Å². The van der Waals surface area contributed by atoms with Gasteiger partial charge in [0.15, 0.2) is 12.4 Å². The molecule has 1 aliphatic heterocycles. The van der Waals surface area contributed by atoms with Gasteiger partial charge in [-0.15, -0.1) is 0 Å². The number of nitrogens with one attached hydrogen (secondary N) is 1. The van der Waals surface area contributed by atoms with Crippen LogP contribution in [-0.2, 0) is 23.8 Å². The molecule has 1 aliphatic rings. The van der Waals surface area contributed by atoms with Crippen molar-refractivity contribution in [2.45, 2.75) is 294 Å². The third kappa shape index (κ3) is 41.3. The number of ether oxygens (including phenoxy) is 3. The molecule has 0 aliphatic carbocycles. The van der Waals surface area contributed by atoms with E-state index in [1.807, 2.05) is 6.08 Å². The van der Waals surface area contributed by atoms with E-state index in [1.165, 1.54) is 96.3 Å². The maximum atomic E-state index is 13.4. The van der Waals surface area contributed by atoms with E-state index in [-0.39, 0.29) is 19.4 Å². The first-order chi connectivity index (χ1) is 37.7. The Morgan fingerprint density at radius 1 is 0.519 bits per heavy atom. The Morgan fingerprint density at radius 2 is 0.935 bits per heavy atom. The fourth-order valence-electron chi connectivity index (χ4n) is 9.06. The average molecular weight is 1080 g/mol. The topological polar surface area (TPSA) is 175 Å². The number of amides is 1. The van der Waals surface area contributed by atoms with Gasteiger partial charge < -0.3 is 45.1 Å². The number of hydrogen-bond acceptors (Lipinski definition) is 10. The summed E-state index contributed by atoms with van der Waals surface area (Å²) in [5.41, 5.74) is 0. The lowest BCUT2D eigenvalue weighted by molar-refractivity contribution is -0.305. The van der Waals surface area contributed by atoms with Gasteiger partial charge in [0.25, 0.3) is 0 Å². The quantitative estimate of drug-likeness (QED) is 0.0195. The van der Waals surface area contributed by atoms with Crippen molar-refractivity contribution in [1.29, 1.82) is 0 Å². The van der Waals surface area contributed by atoms with Crippen LogP contribution in [0.4, 0.5) is 0 Å². The fraction of sp³-hybridized carbons (Fsp3) is 0.727. The lowest BCUT2D eigenvalue weighted by Gasteiger charge is -2.41. The molecule has 0 saturated carbocycles. The van der Waals surface area contributed by atoms with Crippen LogP contribution < -0.4 is 5.32 Å². The minimum atomic E-state index is -1.63. The maximum Gasteiger partial charge on any atom is 0.306 e. The van der Waals surface area contributed by atoms with Crippen LogP contribution in [0.1, 0.15) is 245 Å². The van der Waals surface area contributed by atoms with Gasteiger partial charge in [-0.2, -0.15) is 0 Å². The molecule has 0 bridgehead atoms. The Kier molecular flexibility index (Phi) is 49.5. The van der Waals surface area contributed by atoms with Gasteiger partial charge >= 0.3 is 5.97 Å². The highest BCUT2D eigenvalue weighted by Crippen LogP contribution is 2.26. The molecule has 0 aromatic carbocycles. The molecule has 1 fully saturated rings. The molecule has 0 radical (unpaired) electrons. The first-order valence-corrected chi connectivity index (χ1v) is 31.0. The van der Waals surface area contributed by atoms with Gasteiger partial charge in [-0.25, -0.2) is 0 Å². The fourth-order valence-corrected chi connectivity index (χ4v) is 9.06.